The molecule has 0 aliphatic carbocycles. The molecule has 16 heavy (non-hydrogen) atoms. The van der Waals surface area contributed by atoms with Crippen molar-refractivity contribution in [3.05, 3.63) is 0 Å². The molecular weight excluding hydrogens is 216 g/mol. The standard InChI is InChI=1S/C13H26N2S/c1-3-15-7-6-13(11(2)10-15)14-9-12-5-4-8-16-12/h11-14H,3-10H2,1-2H3. The lowest BCUT2D eigenvalue weighted by atomic mass is 9.94. The third-order valence-electron chi connectivity index (χ3n) is 4.07. The summed E-state index contributed by atoms with van der Waals surface area (Å²) in [6.07, 6.45) is 4.20. The first-order chi connectivity index (χ1) is 7.79. The van der Waals surface area contributed by atoms with Crippen LogP contribution in [0.5, 0.6) is 0 Å². The second-order valence-electron chi connectivity index (χ2n) is 5.31. The molecule has 3 heteroatoms. The summed E-state index contributed by atoms with van der Waals surface area (Å²) in [5.74, 6) is 2.20. The topological polar surface area (TPSA) is 15.3 Å². The largest absolute Gasteiger partial charge is 0.313 e. The van der Waals surface area contributed by atoms with Crippen molar-refractivity contribution in [1.82, 2.24) is 10.2 Å². The van der Waals surface area contributed by atoms with Crippen LogP contribution in [0, 0.1) is 5.92 Å². The highest BCUT2D eigenvalue weighted by Gasteiger charge is 2.26. The molecule has 0 saturated carbocycles. The molecule has 2 aliphatic heterocycles. The van der Waals surface area contributed by atoms with Crippen molar-refractivity contribution < 1.29 is 0 Å². The highest BCUT2D eigenvalue weighted by atomic mass is 32.2. The van der Waals surface area contributed by atoms with E-state index in [1.54, 1.807) is 0 Å². The Morgan fingerprint density at radius 1 is 1.38 bits per heavy atom. The lowest BCUT2D eigenvalue weighted by Gasteiger charge is -2.37. The molecule has 2 aliphatic rings. The first kappa shape index (κ1) is 12.7. The fraction of sp³-hybridized carbons (Fsp3) is 1.00. The quantitative estimate of drug-likeness (QED) is 0.814. The van der Waals surface area contributed by atoms with Crippen LogP contribution in [0.25, 0.3) is 0 Å². The van der Waals surface area contributed by atoms with Crippen molar-refractivity contribution in [2.24, 2.45) is 5.92 Å². The van der Waals surface area contributed by atoms with Crippen LogP contribution in [0.4, 0.5) is 0 Å². The summed E-state index contributed by atoms with van der Waals surface area (Å²) in [4.78, 5) is 2.58. The minimum absolute atomic E-state index is 0.768. The number of rotatable bonds is 4. The zero-order valence-electron chi connectivity index (χ0n) is 10.7. The van der Waals surface area contributed by atoms with E-state index in [-0.39, 0.29) is 0 Å². The Labute approximate surface area is 105 Å². The minimum atomic E-state index is 0.768. The van der Waals surface area contributed by atoms with E-state index >= 15 is 0 Å². The number of nitrogens with zero attached hydrogens (tertiary/aromatic N) is 1. The maximum absolute atomic E-state index is 3.81. The fourth-order valence-corrected chi connectivity index (χ4v) is 4.12. The third kappa shape index (κ3) is 3.38. The molecule has 0 radical (unpaired) electrons. The summed E-state index contributed by atoms with van der Waals surface area (Å²) in [6.45, 7) is 9.71. The van der Waals surface area contributed by atoms with Crippen LogP contribution in [0.3, 0.4) is 0 Å². The maximum Gasteiger partial charge on any atom is 0.0172 e. The normalized spacial score (nSPS) is 36.8. The molecule has 94 valence electrons. The van der Waals surface area contributed by atoms with Crippen molar-refractivity contribution in [3.8, 4) is 0 Å². The van der Waals surface area contributed by atoms with Gasteiger partial charge in [-0.2, -0.15) is 11.8 Å². The molecule has 2 fully saturated rings. The molecule has 0 amide bonds. The SMILES string of the molecule is CCN1CCC(NCC2CCCS2)C(C)C1. The molecular formula is C13H26N2S. The second kappa shape index (κ2) is 6.27. The second-order valence-corrected chi connectivity index (χ2v) is 6.72. The van der Waals surface area contributed by atoms with Crippen molar-refractivity contribution in [2.45, 2.75) is 44.4 Å². The van der Waals surface area contributed by atoms with Crippen molar-refractivity contribution in [1.29, 1.82) is 0 Å². The molecule has 2 nitrogen and oxygen atoms in total. The van der Waals surface area contributed by atoms with Crippen molar-refractivity contribution in [3.63, 3.8) is 0 Å². The molecule has 0 spiro atoms. The smallest absolute Gasteiger partial charge is 0.0172 e. The molecule has 2 rings (SSSR count). The van der Waals surface area contributed by atoms with E-state index in [0.29, 0.717) is 0 Å². The number of piperidine rings is 1. The molecule has 3 atom stereocenters. The Bertz CT molecular complexity index is 204. The van der Waals surface area contributed by atoms with E-state index < -0.39 is 0 Å². The van der Waals surface area contributed by atoms with Gasteiger partial charge in [0.1, 0.15) is 0 Å². The number of hydrogen-bond acceptors (Lipinski definition) is 3. The average molecular weight is 242 g/mol. The van der Waals surface area contributed by atoms with Gasteiger partial charge in [-0.05, 0) is 44.0 Å². The van der Waals surface area contributed by atoms with Gasteiger partial charge in [-0.1, -0.05) is 13.8 Å². The van der Waals surface area contributed by atoms with Gasteiger partial charge in [-0.15, -0.1) is 0 Å². The van der Waals surface area contributed by atoms with Crippen LogP contribution in [-0.4, -0.2) is 48.1 Å². The molecule has 0 aromatic heterocycles. The number of likely N-dealkylation sites (tertiary alicyclic amines) is 1. The van der Waals surface area contributed by atoms with Crippen LogP contribution in [0.15, 0.2) is 0 Å². The minimum Gasteiger partial charge on any atom is -0.313 e. The van der Waals surface area contributed by atoms with Crippen LogP contribution in [0.2, 0.25) is 0 Å². The molecule has 2 heterocycles. The van der Waals surface area contributed by atoms with E-state index in [9.17, 15) is 0 Å². The summed E-state index contributed by atoms with van der Waals surface area (Å²) >= 11 is 2.16. The molecule has 0 bridgehead atoms. The van der Waals surface area contributed by atoms with Crippen LogP contribution in [-0.2, 0) is 0 Å². The lowest BCUT2D eigenvalue weighted by Crippen LogP contribution is -2.49. The van der Waals surface area contributed by atoms with E-state index in [1.165, 1.54) is 51.2 Å². The van der Waals surface area contributed by atoms with Crippen molar-refractivity contribution in [2.75, 3.05) is 31.9 Å². The van der Waals surface area contributed by atoms with Crippen LogP contribution < -0.4 is 5.32 Å². The Morgan fingerprint density at radius 3 is 2.88 bits per heavy atom. The predicted molar refractivity (Wildman–Crippen MR) is 73.2 cm³/mol. The molecule has 0 aromatic carbocycles. The summed E-state index contributed by atoms with van der Waals surface area (Å²) in [6, 6.07) is 0.768. The predicted octanol–water partition coefficient (Wildman–Crippen LogP) is 2.20. The Hall–Kier alpha value is 0.270. The highest BCUT2D eigenvalue weighted by Crippen LogP contribution is 2.26. The van der Waals surface area contributed by atoms with Gasteiger partial charge in [-0.25, -0.2) is 0 Å². The third-order valence-corrected chi connectivity index (χ3v) is 5.47. The van der Waals surface area contributed by atoms with E-state index in [2.05, 4.69) is 35.8 Å². The fourth-order valence-electron chi connectivity index (χ4n) is 2.91. The van der Waals surface area contributed by atoms with Gasteiger partial charge >= 0.3 is 0 Å². The zero-order valence-corrected chi connectivity index (χ0v) is 11.6. The average Bonchev–Trinajstić information content (AvgIpc) is 2.80. The molecule has 2 saturated heterocycles. The van der Waals surface area contributed by atoms with Gasteiger partial charge in [-0.3, -0.25) is 0 Å². The summed E-state index contributed by atoms with van der Waals surface area (Å²) < 4.78 is 0. The van der Waals surface area contributed by atoms with Crippen molar-refractivity contribution >= 4 is 11.8 Å². The summed E-state index contributed by atoms with van der Waals surface area (Å²) in [5.41, 5.74) is 0. The maximum atomic E-state index is 3.81. The van der Waals surface area contributed by atoms with E-state index in [1.807, 2.05) is 0 Å². The first-order valence-electron chi connectivity index (χ1n) is 6.87. The summed E-state index contributed by atoms with van der Waals surface area (Å²) in [5, 5.41) is 4.71. The van der Waals surface area contributed by atoms with Gasteiger partial charge < -0.3 is 10.2 Å². The molecule has 1 N–H and O–H groups in total. The van der Waals surface area contributed by atoms with Gasteiger partial charge in [0.15, 0.2) is 0 Å². The Kier molecular flexibility index (Phi) is 4.98. The van der Waals surface area contributed by atoms with Gasteiger partial charge in [0.05, 0.1) is 0 Å². The van der Waals surface area contributed by atoms with Gasteiger partial charge in [0, 0.05) is 24.4 Å². The van der Waals surface area contributed by atoms with Crippen LogP contribution >= 0.6 is 11.8 Å². The molecule has 0 aromatic rings. The van der Waals surface area contributed by atoms with Crippen LogP contribution in [0.1, 0.15) is 33.1 Å². The van der Waals surface area contributed by atoms with Gasteiger partial charge in [0.25, 0.3) is 0 Å². The number of thioether (sulfide) groups is 1. The monoisotopic (exact) mass is 242 g/mol. The van der Waals surface area contributed by atoms with Gasteiger partial charge in [0.2, 0.25) is 0 Å². The lowest BCUT2D eigenvalue weighted by molar-refractivity contribution is 0.154. The Morgan fingerprint density at radius 2 is 2.25 bits per heavy atom. The number of nitrogens with one attached hydrogen (secondary N) is 1. The van der Waals surface area contributed by atoms with E-state index in [4.69, 9.17) is 0 Å². The van der Waals surface area contributed by atoms with E-state index in [0.717, 1.165) is 17.2 Å². The highest BCUT2D eigenvalue weighted by molar-refractivity contribution is 8.00. The molecule has 3 unspecified atom stereocenters. The first-order valence-corrected chi connectivity index (χ1v) is 7.91. The zero-order chi connectivity index (χ0) is 11.4. The summed E-state index contributed by atoms with van der Waals surface area (Å²) in [7, 11) is 0. The Balaban J connectivity index is 1.69. The number of hydrogen-bond donors (Lipinski definition) is 1.